The highest BCUT2D eigenvalue weighted by Gasteiger charge is 2.49. The van der Waals surface area contributed by atoms with E-state index in [4.69, 9.17) is 9.47 Å². The zero-order valence-electron chi connectivity index (χ0n) is 19.4. The summed E-state index contributed by atoms with van der Waals surface area (Å²) in [6.07, 6.45) is 6.86. The Balaban J connectivity index is 1.40. The maximum atomic E-state index is 12.7. The number of methoxy groups -OCH3 is 1. The molecule has 2 aliphatic rings. The predicted octanol–water partition coefficient (Wildman–Crippen LogP) is 4.31. The fourth-order valence-electron chi connectivity index (χ4n) is 5.40. The van der Waals surface area contributed by atoms with Gasteiger partial charge in [-0.25, -0.2) is 9.97 Å². The van der Waals surface area contributed by atoms with E-state index in [2.05, 4.69) is 38.4 Å². The minimum atomic E-state index is -0.297. The molecule has 7 nitrogen and oxygen atoms in total. The average molecular weight is 459 g/mol. The van der Waals surface area contributed by atoms with Crippen molar-refractivity contribution in [3.05, 3.63) is 78.1 Å². The molecule has 2 saturated heterocycles. The van der Waals surface area contributed by atoms with E-state index in [9.17, 15) is 4.79 Å². The molecule has 2 fully saturated rings. The normalized spacial score (nSPS) is 22.9. The second-order valence-corrected chi connectivity index (χ2v) is 9.16. The molecule has 0 unspecified atom stereocenters. The number of likely N-dealkylation sites (tertiary alicyclic amines) is 1. The topological polar surface area (TPSA) is 76.6 Å². The fraction of sp³-hybridized carbons (Fsp3) is 0.370. The van der Waals surface area contributed by atoms with Gasteiger partial charge in [0, 0.05) is 49.9 Å². The first kappa shape index (κ1) is 22.3. The molecule has 176 valence electrons. The molecule has 1 amide bonds. The van der Waals surface area contributed by atoms with E-state index in [1.165, 1.54) is 0 Å². The SMILES string of the molecule is COc1ccccc1[C@@H]1CN(Cc2cccc(Oc3ncccn3)c2)C[C@]12CCCCC(=O)N2. The summed E-state index contributed by atoms with van der Waals surface area (Å²) in [4.78, 5) is 23.4. The maximum Gasteiger partial charge on any atom is 0.321 e. The number of aromatic nitrogens is 2. The van der Waals surface area contributed by atoms with Gasteiger partial charge in [0.15, 0.2) is 0 Å². The van der Waals surface area contributed by atoms with Crippen LogP contribution in [0.15, 0.2) is 67.0 Å². The van der Waals surface area contributed by atoms with Gasteiger partial charge in [-0.15, -0.1) is 0 Å². The summed E-state index contributed by atoms with van der Waals surface area (Å²) in [6, 6.07) is 18.3. The highest BCUT2D eigenvalue weighted by Crippen LogP contribution is 2.44. The van der Waals surface area contributed by atoms with E-state index < -0.39 is 0 Å². The molecule has 3 heterocycles. The molecule has 34 heavy (non-hydrogen) atoms. The van der Waals surface area contributed by atoms with Gasteiger partial charge >= 0.3 is 6.01 Å². The molecule has 1 spiro atoms. The summed E-state index contributed by atoms with van der Waals surface area (Å²) >= 11 is 0. The van der Waals surface area contributed by atoms with Crippen molar-refractivity contribution in [1.29, 1.82) is 0 Å². The Morgan fingerprint density at radius 2 is 1.94 bits per heavy atom. The largest absolute Gasteiger partial charge is 0.496 e. The van der Waals surface area contributed by atoms with Gasteiger partial charge in [-0.3, -0.25) is 9.69 Å². The first-order valence-electron chi connectivity index (χ1n) is 11.9. The molecule has 1 aromatic heterocycles. The first-order valence-corrected chi connectivity index (χ1v) is 11.9. The minimum Gasteiger partial charge on any atom is -0.496 e. The maximum absolute atomic E-state index is 12.7. The van der Waals surface area contributed by atoms with E-state index in [0.717, 1.165) is 55.8 Å². The molecule has 0 saturated carbocycles. The lowest BCUT2D eigenvalue weighted by molar-refractivity contribution is -0.122. The van der Waals surface area contributed by atoms with Crippen molar-refractivity contribution in [3.8, 4) is 17.5 Å². The molecule has 0 radical (unpaired) electrons. The van der Waals surface area contributed by atoms with E-state index in [1.54, 1.807) is 25.6 Å². The standard InChI is InChI=1S/C27H30N4O3/c1-33-24-11-3-2-10-22(24)23-18-31(19-27(23)13-5-4-12-25(32)30-27)17-20-8-6-9-21(16-20)34-26-28-14-7-15-29-26/h2-3,6-11,14-16,23H,4-5,12-13,17-19H2,1H3,(H,30,32)/t23-,27+/m0/s1. The molecule has 1 N–H and O–H groups in total. The van der Waals surface area contributed by atoms with Crippen LogP contribution in [0.1, 0.15) is 42.7 Å². The first-order chi connectivity index (χ1) is 16.6. The van der Waals surface area contributed by atoms with Gasteiger partial charge in [0.25, 0.3) is 0 Å². The molecule has 0 aliphatic carbocycles. The molecule has 5 rings (SSSR count). The van der Waals surface area contributed by atoms with Crippen LogP contribution >= 0.6 is 0 Å². The van der Waals surface area contributed by atoms with Crippen LogP contribution in [0.3, 0.4) is 0 Å². The van der Waals surface area contributed by atoms with Gasteiger partial charge in [0.2, 0.25) is 5.91 Å². The number of hydrogen-bond acceptors (Lipinski definition) is 6. The van der Waals surface area contributed by atoms with Crippen LogP contribution < -0.4 is 14.8 Å². The number of benzene rings is 2. The van der Waals surface area contributed by atoms with Gasteiger partial charge in [-0.1, -0.05) is 36.8 Å². The van der Waals surface area contributed by atoms with Crippen LogP contribution in [0.25, 0.3) is 0 Å². The van der Waals surface area contributed by atoms with Gasteiger partial charge < -0.3 is 14.8 Å². The number of nitrogens with zero attached hydrogens (tertiary/aromatic N) is 3. The van der Waals surface area contributed by atoms with Gasteiger partial charge in [-0.2, -0.15) is 0 Å². The van der Waals surface area contributed by atoms with Crippen LogP contribution in [0.4, 0.5) is 0 Å². The summed E-state index contributed by atoms with van der Waals surface area (Å²) in [5.74, 6) is 1.90. The summed E-state index contributed by atoms with van der Waals surface area (Å²) in [5.41, 5.74) is 2.01. The van der Waals surface area contributed by atoms with Gasteiger partial charge in [-0.05, 0) is 42.7 Å². The zero-order valence-corrected chi connectivity index (χ0v) is 19.4. The lowest BCUT2D eigenvalue weighted by atomic mass is 9.78. The van der Waals surface area contributed by atoms with Crippen LogP contribution in [-0.4, -0.2) is 46.5 Å². The quantitative estimate of drug-likeness (QED) is 0.593. The smallest absolute Gasteiger partial charge is 0.321 e. The highest BCUT2D eigenvalue weighted by molar-refractivity contribution is 5.77. The number of carbonyl (C=O) groups is 1. The Hall–Kier alpha value is -3.45. The Morgan fingerprint density at radius 3 is 2.79 bits per heavy atom. The molecule has 0 bridgehead atoms. The van der Waals surface area contributed by atoms with Crippen molar-refractivity contribution in [2.45, 2.75) is 43.7 Å². The average Bonchev–Trinajstić information content (AvgIpc) is 3.07. The van der Waals surface area contributed by atoms with E-state index in [0.29, 0.717) is 18.2 Å². The van der Waals surface area contributed by atoms with Crippen LogP contribution in [0.2, 0.25) is 0 Å². The second kappa shape index (κ2) is 9.81. The van der Waals surface area contributed by atoms with Crippen molar-refractivity contribution < 1.29 is 14.3 Å². The number of amides is 1. The van der Waals surface area contributed by atoms with Gasteiger partial charge in [0.05, 0.1) is 12.6 Å². The number of hydrogen-bond donors (Lipinski definition) is 1. The number of para-hydroxylation sites is 1. The third-order valence-electron chi connectivity index (χ3n) is 6.85. The Kier molecular flexibility index (Phi) is 6.45. The van der Waals surface area contributed by atoms with E-state index >= 15 is 0 Å². The molecule has 7 heteroatoms. The molecular weight excluding hydrogens is 428 g/mol. The molecule has 2 aliphatic heterocycles. The second-order valence-electron chi connectivity index (χ2n) is 9.16. The van der Waals surface area contributed by atoms with Crippen LogP contribution in [-0.2, 0) is 11.3 Å². The third-order valence-corrected chi connectivity index (χ3v) is 6.85. The molecular formula is C27H30N4O3. The lowest BCUT2D eigenvalue weighted by Crippen LogP contribution is -2.52. The zero-order chi connectivity index (χ0) is 23.4. The molecule has 3 aromatic rings. The fourth-order valence-corrected chi connectivity index (χ4v) is 5.40. The van der Waals surface area contributed by atoms with Crippen molar-refractivity contribution in [1.82, 2.24) is 20.2 Å². The monoisotopic (exact) mass is 458 g/mol. The van der Waals surface area contributed by atoms with Crippen molar-refractivity contribution in [2.75, 3.05) is 20.2 Å². The van der Waals surface area contributed by atoms with Crippen molar-refractivity contribution in [2.24, 2.45) is 0 Å². The van der Waals surface area contributed by atoms with Crippen LogP contribution in [0.5, 0.6) is 17.5 Å². The van der Waals surface area contributed by atoms with E-state index in [1.807, 2.05) is 30.3 Å². The molecule has 2 atom stereocenters. The van der Waals surface area contributed by atoms with E-state index in [-0.39, 0.29) is 17.4 Å². The van der Waals surface area contributed by atoms with Crippen LogP contribution in [0, 0.1) is 0 Å². The number of carbonyl (C=O) groups excluding carboxylic acids is 1. The summed E-state index contributed by atoms with van der Waals surface area (Å²) < 4.78 is 11.5. The lowest BCUT2D eigenvalue weighted by Gasteiger charge is -2.35. The third kappa shape index (κ3) is 4.75. The predicted molar refractivity (Wildman–Crippen MR) is 129 cm³/mol. The Morgan fingerprint density at radius 1 is 1.09 bits per heavy atom. The molecule has 2 aromatic carbocycles. The summed E-state index contributed by atoms with van der Waals surface area (Å²) in [5, 5.41) is 3.44. The number of nitrogens with one attached hydrogen (secondary N) is 1. The van der Waals surface area contributed by atoms with Crippen molar-refractivity contribution >= 4 is 5.91 Å². The van der Waals surface area contributed by atoms with Crippen molar-refractivity contribution in [3.63, 3.8) is 0 Å². The summed E-state index contributed by atoms with van der Waals surface area (Å²) in [7, 11) is 1.71. The van der Waals surface area contributed by atoms with Gasteiger partial charge in [0.1, 0.15) is 11.5 Å². The summed E-state index contributed by atoms with van der Waals surface area (Å²) in [6.45, 7) is 2.40. The number of ether oxygens (including phenoxy) is 2. The highest BCUT2D eigenvalue weighted by atomic mass is 16.5. The number of rotatable bonds is 6. The Labute approximate surface area is 200 Å². The minimum absolute atomic E-state index is 0.150. The Bertz CT molecular complexity index is 1140.